The number of likely N-dealkylation sites (tertiary alicyclic amines) is 1. The molecular weight excluding hydrogens is 264 g/mol. The summed E-state index contributed by atoms with van der Waals surface area (Å²) in [5.41, 5.74) is 1.24. The molecule has 1 N–H and O–H groups in total. The lowest BCUT2D eigenvalue weighted by Gasteiger charge is -2.19. The number of benzene rings is 1. The molecule has 1 aromatic rings. The molecule has 0 bridgehead atoms. The fourth-order valence-electron chi connectivity index (χ4n) is 3.15. The van der Waals surface area contributed by atoms with Crippen molar-refractivity contribution in [2.45, 2.75) is 38.2 Å². The van der Waals surface area contributed by atoms with Crippen molar-refractivity contribution < 1.29 is 9.53 Å². The number of rotatable bonds is 4. The zero-order chi connectivity index (χ0) is 14.5. The van der Waals surface area contributed by atoms with Gasteiger partial charge in [-0.1, -0.05) is 31.0 Å². The topological polar surface area (TPSA) is 41.6 Å². The predicted molar refractivity (Wildman–Crippen MR) is 82.5 cm³/mol. The molecule has 114 valence electrons. The Balaban J connectivity index is 1.40. The Hall–Kier alpha value is -1.55. The minimum absolute atomic E-state index is 0.0792. The molecule has 1 fully saturated rings. The number of para-hydroxylation sites is 1. The van der Waals surface area contributed by atoms with Crippen molar-refractivity contribution in [3.63, 3.8) is 0 Å². The lowest BCUT2D eigenvalue weighted by molar-refractivity contribution is -0.122. The van der Waals surface area contributed by atoms with E-state index in [2.05, 4.69) is 16.3 Å². The number of carbonyl (C=O) groups excluding carboxylic acids is 1. The number of nitrogens with one attached hydrogen (secondary N) is 1. The van der Waals surface area contributed by atoms with Crippen LogP contribution in [-0.2, 0) is 11.2 Å². The number of hydrogen-bond acceptors (Lipinski definition) is 3. The Bertz CT molecular complexity index is 456. The number of carbonyl (C=O) groups is 1. The minimum atomic E-state index is 0.0792. The quantitative estimate of drug-likeness (QED) is 0.921. The molecule has 4 nitrogen and oxygen atoms in total. The van der Waals surface area contributed by atoms with Gasteiger partial charge in [0.1, 0.15) is 11.9 Å². The second-order valence-electron chi connectivity index (χ2n) is 6.05. The van der Waals surface area contributed by atoms with E-state index in [9.17, 15) is 4.79 Å². The van der Waals surface area contributed by atoms with Crippen LogP contribution < -0.4 is 10.1 Å². The van der Waals surface area contributed by atoms with Crippen molar-refractivity contribution in [3.05, 3.63) is 29.8 Å². The van der Waals surface area contributed by atoms with Crippen molar-refractivity contribution in [3.8, 4) is 5.75 Å². The first-order chi connectivity index (χ1) is 10.3. The molecule has 2 aliphatic heterocycles. The van der Waals surface area contributed by atoms with Crippen molar-refractivity contribution in [1.82, 2.24) is 10.2 Å². The zero-order valence-corrected chi connectivity index (χ0v) is 12.5. The SMILES string of the molecule is O=C(CN1CCCCCC1)NC[C@@H]1Cc2ccccc2O1. The molecule has 0 aromatic heterocycles. The molecule has 4 heteroatoms. The van der Waals surface area contributed by atoms with Crippen LogP contribution in [0.5, 0.6) is 5.75 Å². The van der Waals surface area contributed by atoms with E-state index in [-0.39, 0.29) is 12.0 Å². The van der Waals surface area contributed by atoms with Crippen LogP contribution in [0.2, 0.25) is 0 Å². The van der Waals surface area contributed by atoms with Gasteiger partial charge in [0, 0.05) is 6.42 Å². The molecule has 2 aliphatic rings. The number of fused-ring (bicyclic) bond motifs is 1. The van der Waals surface area contributed by atoms with E-state index in [1.807, 2.05) is 18.2 Å². The van der Waals surface area contributed by atoms with E-state index in [0.717, 1.165) is 25.3 Å². The first kappa shape index (κ1) is 14.4. The molecule has 3 rings (SSSR count). The maximum Gasteiger partial charge on any atom is 0.234 e. The van der Waals surface area contributed by atoms with Crippen LogP contribution in [0.15, 0.2) is 24.3 Å². The van der Waals surface area contributed by atoms with Crippen LogP contribution in [0.4, 0.5) is 0 Å². The molecule has 1 aromatic carbocycles. The smallest absolute Gasteiger partial charge is 0.234 e. The summed E-state index contributed by atoms with van der Waals surface area (Å²) in [7, 11) is 0. The monoisotopic (exact) mass is 288 g/mol. The van der Waals surface area contributed by atoms with Gasteiger partial charge in [-0.15, -0.1) is 0 Å². The first-order valence-corrected chi connectivity index (χ1v) is 8.05. The highest BCUT2D eigenvalue weighted by atomic mass is 16.5. The fraction of sp³-hybridized carbons (Fsp3) is 0.588. The highest BCUT2D eigenvalue weighted by Gasteiger charge is 2.23. The molecule has 21 heavy (non-hydrogen) atoms. The highest BCUT2D eigenvalue weighted by molar-refractivity contribution is 5.78. The number of hydrogen-bond donors (Lipinski definition) is 1. The normalized spacial score (nSPS) is 22.2. The third-order valence-electron chi connectivity index (χ3n) is 4.31. The van der Waals surface area contributed by atoms with Crippen molar-refractivity contribution in [2.24, 2.45) is 0 Å². The number of ether oxygens (including phenoxy) is 1. The van der Waals surface area contributed by atoms with Gasteiger partial charge in [0.05, 0.1) is 13.1 Å². The third-order valence-corrected chi connectivity index (χ3v) is 4.31. The Kier molecular flexibility index (Phi) is 4.76. The predicted octanol–water partition coefficient (Wildman–Crippen LogP) is 1.98. The second-order valence-corrected chi connectivity index (χ2v) is 6.05. The molecule has 1 amide bonds. The van der Waals surface area contributed by atoms with Crippen molar-refractivity contribution >= 4 is 5.91 Å². The molecule has 0 spiro atoms. The Labute approximate surface area is 126 Å². The Morgan fingerprint density at radius 2 is 1.95 bits per heavy atom. The minimum Gasteiger partial charge on any atom is -0.488 e. The van der Waals surface area contributed by atoms with E-state index in [1.165, 1.54) is 31.2 Å². The van der Waals surface area contributed by atoms with E-state index in [1.54, 1.807) is 0 Å². The van der Waals surface area contributed by atoms with Gasteiger partial charge < -0.3 is 10.1 Å². The molecule has 0 unspecified atom stereocenters. The molecule has 0 radical (unpaired) electrons. The number of amides is 1. The highest BCUT2D eigenvalue weighted by Crippen LogP contribution is 2.27. The average molecular weight is 288 g/mol. The van der Waals surface area contributed by atoms with Crippen LogP contribution in [0.3, 0.4) is 0 Å². The first-order valence-electron chi connectivity index (χ1n) is 8.05. The van der Waals surface area contributed by atoms with E-state index in [0.29, 0.717) is 13.1 Å². The van der Waals surface area contributed by atoms with Crippen molar-refractivity contribution in [1.29, 1.82) is 0 Å². The summed E-state index contributed by atoms with van der Waals surface area (Å²) in [4.78, 5) is 14.3. The van der Waals surface area contributed by atoms with Crippen LogP contribution in [0.1, 0.15) is 31.2 Å². The summed E-state index contributed by atoms with van der Waals surface area (Å²) in [5.74, 6) is 1.08. The largest absolute Gasteiger partial charge is 0.488 e. The lowest BCUT2D eigenvalue weighted by Crippen LogP contribution is -2.41. The maximum absolute atomic E-state index is 12.0. The average Bonchev–Trinajstić information content (AvgIpc) is 2.74. The van der Waals surface area contributed by atoms with E-state index >= 15 is 0 Å². The van der Waals surface area contributed by atoms with Gasteiger partial charge in [-0.3, -0.25) is 9.69 Å². The van der Waals surface area contributed by atoms with E-state index < -0.39 is 0 Å². The maximum atomic E-state index is 12.0. The van der Waals surface area contributed by atoms with Crippen molar-refractivity contribution in [2.75, 3.05) is 26.2 Å². The summed E-state index contributed by atoms with van der Waals surface area (Å²) in [6.07, 6.45) is 6.00. The van der Waals surface area contributed by atoms with Gasteiger partial charge in [-0.2, -0.15) is 0 Å². The van der Waals surface area contributed by atoms with Crippen LogP contribution in [-0.4, -0.2) is 43.1 Å². The van der Waals surface area contributed by atoms with Gasteiger partial charge in [0.25, 0.3) is 0 Å². The summed E-state index contributed by atoms with van der Waals surface area (Å²) in [5, 5.41) is 3.02. The second kappa shape index (κ2) is 6.94. The van der Waals surface area contributed by atoms with E-state index in [4.69, 9.17) is 4.74 Å². The van der Waals surface area contributed by atoms with Crippen LogP contribution >= 0.6 is 0 Å². The molecule has 2 heterocycles. The van der Waals surface area contributed by atoms with Gasteiger partial charge in [0.15, 0.2) is 0 Å². The summed E-state index contributed by atoms with van der Waals surface area (Å²) in [6.45, 7) is 3.23. The third kappa shape index (κ3) is 3.97. The molecule has 1 atom stereocenters. The molecular formula is C17H24N2O2. The van der Waals surface area contributed by atoms with Gasteiger partial charge in [-0.25, -0.2) is 0 Å². The molecule has 0 saturated carbocycles. The standard InChI is InChI=1S/C17H24N2O2/c20-17(13-19-9-5-1-2-6-10-19)18-12-15-11-14-7-3-4-8-16(14)21-15/h3-4,7-8,15H,1-2,5-6,9-13H2,(H,18,20)/t15-/m0/s1. The fourth-order valence-corrected chi connectivity index (χ4v) is 3.15. The Morgan fingerprint density at radius 1 is 1.19 bits per heavy atom. The summed E-state index contributed by atoms with van der Waals surface area (Å²) < 4.78 is 5.84. The van der Waals surface area contributed by atoms with Gasteiger partial charge in [0.2, 0.25) is 5.91 Å². The zero-order valence-electron chi connectivity index (χ0n) is 12.5. The molecule has 0 aliphatic carbocycles. The lowest BCUT2D eigenvalue weighted by atomic mass is 10.1. The summed E-state index contributed by atoms with van der Waals surface area (Å²) in [6, 6.07) is 8.10. The molecule has 1 saturated heterocycles. The summed E-state index contributed by atoms with van der Waals surface area (Å²) >= 11 is 0. The van der Waals surface area contributed by atoms with Gasteiger partial charge in [-0.05, 0) is 37.6 Å². The van der Waals surface area contributed by atoms with Crippen LogP contribution in [0, 0.1) is 0 Å². The van der Waals surface area contributed by atoms with Gasteiger partial charge >= 0.3 is 0 Å². The number of nitrogens with zero attached hydrogens (tertiary/aromatic N) is 1. The Morgan fingerprint density at radius 3 is 2.71 bits per heavy atom. The van der Waals surface area contributed by atoms with Crippen LogP contribution in [0.25, 0.3) is 0 Å².